The fraction of sp³-hybridized carbons (Fsp3) is 0.532. The molecule has 5 amide bonds. The van der Waals surface area contributed by atoms with Gasteiger partial charge in [-0.15, -0.1) is 0 Å². The standard InChI is InChI=1S/C47H55ClN8O8/c1-26(2)55(31-17-34(18-31)64-35-19-36-43(40(21-35)62-27(3)4)47(61)56(46(36)60)39-11-12-42(57)53-45(39)59)25-28-13-15-54(16-14-28)41-24-50-38(23-51-41)44(58)52-30-6-9-32(10-7-30)63-33-8-5-29(22-49)37(48)20-33/h5,8,19-21,23-24,26-28,30-32,34,39H,6-7,9-18,25H2,1-4H3,(H,52,58)(H,53,57,59). The molecule has 1 aromatic heterocycles. The van der Waals surface area contributed by atoms with E-state index in [1.165, 1.54) is 0 Å². The van der Waals surface area contributed by atoms with Crippen molar-refractivity contribution < 1.29 is 38.2 Å². The van der Waals surface area contributed by atoms with Crippen LogP contribution in [0, 0.1) is 17.2 Å². The molecule has 4 fully saturated rings. The number of amides is 5. The van der Waals surface area contributed by atoms with Gasteiger partial charge < -0.3 is 24.4 Å². The van der Waals surface area contributed by atoms with Crippen LogP contribution in [-0.2, 0) is 9.59 Å². The summed E-state index contributed by atoms with van der Waals surface area (Å²) in [6.45, 7) is 10.8. The Hall–Kier alpha value is -5.79. The van der Waals surface area contributed by atoms with Gasteiger partial charge in [0.15, 0.2) is 0 Å². The van der Waals surface area contributed by atoms with Crippen molar-refractivity contribution in [1.29, 1.82) is 5.26 Å². The number of piperidine rings is 2. The number of nitrogens with zero attached hydrogens (tertiary/aromatic N) is 6. The summed E-state index contributed by atoms with van der Waals surface area (Å²) >= 11 is 6.16. The molecule has 4 heterocycles. The first kappa shape index (κ1) is 44.8. The number of benzene rings is 2. The van der Waals surface area contributed by atoms with Crippen LogP contribution >= 0.6 is 11.6 Å². The van der Waals surface area contributed by atoms with Gasteiger partial charge in [0, 0.05) is 69.2 Å². The van der Waals surface area contributed by atoms with E-state index in [1.807, 2.05) is 13.8 Å². The molecular weight excluding hydrogens is 840 g/mol. The first-order chi connectivity index (χ1) is 30.7. The third-order valence-corrected chi connectivity index (χ3v) is 13.3. The lowest BCUT2D eigenvalue weighted by Crippen LogP contribution is -2.54. The van der Waals surface area contributed by atoms with E-state index in [4.69, 9.17) is 31.1 Å². The maximum Gasteiger partial charge on any atom is 0.271 e. The first-order valence-corrected chi connectivity index (χ1v) is 22.8. The van der Waals surface area contributed by atoms with Gasteiger partial charge in [-0.2, -0.15) is 5.26 Å². The Morgan fingerprint density at radius 2 is 1.66 bits per heavy atom. The number of hydrogen-bond donors (Lipinski definition) is 2. The zero-order valence-electron chi connectivity index (χ0n) is 36.7. The second kappa shape index (κ2) is 19.1. The summed E-state index contributed by atoms with van der Waals surface area (Å²) in [5.41, 5.74) is 0.943. The van der Waals surface area contributed by atoms with Gasteiger partial charge >= 0.3 is 0 Å². The lowest BCUT2D eigenvalue weighted by Gasteiger charge is -2.46. The van der Waals surface area contributed by atoms with Crippen LogP contribution < -0.4 is 29.7 Å². The van der Waals surface area contributed by atoms with Gasteiger partial charge in [-0.25, -0.2) is 9.97 Å². The molecular formula is C47H55ClN8O8. The highest BCUT2D eigenvalue weighted by Crippen LogP contribution is 2.40. The van der Waals surface area contributed by atoms with Crippen LogP contribution in [0.2, 0.25) is 5.02 Å². The van der Waals surface area contributed by atoms with Gasteiger partial charge in [-0.05, 0) is 96.8 Å². The lowest BCUT2D eigenvalue weighted by molar-refractivity contribution is -0.136. The zero-order valence-corrected chi connectivity index (χ0v) is 37.4. The predicted octanol–water partition coefficient (Wildman–Crippen LogP) is 5.85. The molecule has 1 atom stereocenters. The number of nitriles is 1. The Bertz CT molecular complexity index is 2310. The van der Waals surface area contributed by atoms with Crippen LogP contribution in [0.5, 0.6) is 17.2 Å². The number of nitrogens with one attached hydrogen (secondary N) is 2. The number of imide groups is 2. The molecule has 3 aromatic rings. The van der Waals surface area contributed by atoms with Gasteiger partial charge in [0.2, 0.25) is 11.8 Å². The Morgan fingerprint density at radius 3 is 2.30 bits per heavy atom. The molecule has 2 saturated heterocycles. The second-order valence-electron chi connectivity index (χ2n) is 18.1. The average molecular weight is 895 g/mol. The smallest absolute Gasteiger partial charge is 0.271 e. The molecule has 0 radical (unpaired) electrons. The highest BCUT2D eigenvalue weighted by molar-refractivity contribution is 6.31. The number of anilines is 1. The fourth-order valence-corrected chi connectivity index (χ4v) is 9.72. The molecule has 0 bridgehead atoms. The molecule has 1 unspecified atom stereocenters. The monoisotopic (exact) mass is 894 g/mol. The first-order valence-electron chi connectivity index (χ1n) is 22.5. The molecule has 16 nitrogen and oxygen atoms in total. The largest absolute Gasteiger partial charge is 0.490 e. The number of fused-ring (bicyclic) bond motifs is 1. The van der Waals surface area contributed by atoms with E-state index >= 15 is 0 Å². The molecule has 2 aromatic carbocycles. The quantitative estimate of drug-likeness (QED) is 0.183. The van der Waals surface area contributed by atoms with Crippen molar-refractivity contribution in [3.63, 3.8) is 0 Å². The molecule has 3 aliphatic heterocycles. The SMILES string of the molecule is CC(C)Oc1cc(OC2CC(N(CC3CCN(c4cnc(C(=O)NC5CCC(Oc6ccc(C#N)c(Cl)c6)CC5)cn4)CC3)C(C)C)C2)cc2c1C(=O)N(C1CCC(=O)NC1=O)C2=O. The van der Waals surface area contributed by atoms with E-state index in [2.05, 4.69) is 50.3 Å². The van der Waals surface area contributed by atoms with Crippen LogP contribution in [0.4, 0.5) is 5.82 Å². The summed E-state index contributed by atoms with van der Waals surface area (Å²) in [5, 5.41) is 14.8. The Labute approximate surface area is 377 Å². The Balaban J connectivity index is 0.792. The number of ether oxygens (including phenoxy) is 3. The molecule has 17 heteroatoms. The van der Waals surface area contributed by atoms with Crippen LogP contribution in [0.25, 0.3) is 0 Å². The highest BCUT2D eigenvalue weighted by atomic mass is 35.5. The lowest BCUT2D eigenvalue weighted by atomic mass is 9.85. The summed E-state index contributed by atoms with van der Waals surface area (Å²) in [7, 11) is 0. The predicted molar refractivity (Wildman–Crippen MR) is 235 cm³/mol. The summed E-state index contributed by atoms with van der Waals surface area (Å²) in [6, 6.07) is 9.98. The Morgan fingerprint density at radius 1 is 0.922 bits per heavy atom. The number of carbonyl (C=O) groups is 5. The van der Waals surface area contributed by atoms with E-state index in [9.17, 15) is 24.0 Å². The number of halogens is 1. The average Bonchev–Trinajstić information content (AvgIpc) is 3.50. The summed E-state index contributed by atoms with van der Waals surface area (Å²) in [6.07, 6.45) is 9.74. The molecule has 2 saturated carbocycles. The minimum absolute atomic E-state index is 0.0101. The van der Waals surface area contributed by atoms with Crippen molar-refractivity contribution >= 4 is 47.0 Å². The fourth-order valence-electron chi connectivity index (χ4n) is 9.51. The summed E-state index contributed by atoms with van der Waals surface area (Å²) in [4.78, 5) is 79.6. The van der Waals surface area contributed by atoms with Crippen LogP contribution in [0.15, 0.2) is 42.7 Å². The van der Waals surface area contributed by atoms with Crippen LogP contribution in [-0.4, -0.2) is 111 Å². The van der Waals surface area contributed by atoms with E-state index in [-0.39, 0.29) is 60.0 Å². The van der Waals surface area contributed by atoms with Crippen molar-refractivity contribution in [2.75, 3.05) is 24.5 Å². The molecule has 8 rings (SSSR count). The van der Waals surface area contributed by atoms with Gasteiger partial charge in [-0.1, -0.05) is 11.6 Å². The topological polar surface area (TPSA) is 196 Å². The van der Waals surface area contributed by atoms with E-state index in [0.717, 1.165) is 81.7 Å². The van der Waals surface area contributed by atoms with E-state index < -0.39 is 29.7 Å². The maximum atomic E-state index is 13.6. The van der Waals surface area contributed by atoms with Gasteiger partial charge in [0.25, 0.3) is 17.7 Å². The van der Waals surface area contributed by atoms with Crippen molar-refractivity contribution in [2.45, 2.75) is 134 Å². The van der Waals surface area contributed by atoms with Crippen molar-refractivity contribution in [2.24, 2.45) is 5.92 Å². The molecule has 64 heavy (non-hydrogen) atoms. The Kier molecular flexibility index (Phi) is 13.4. The zero-order chi connectivity index (χ0) is 45.2. The molecule has 2 N–H and O–H groups in total. The molecule has 0 spiro atoms. The number of hydrogen-bond acceptors (Lipinski definition) is 13. The van der Waals surface area contributed by atoms with Gasteiger partial charge in [0.05, 0.1) is 46.3 Å². The third kappa shape index (κ3) is 9.80. The van der Waals surface area contributed by atoms with Gasteiger partial charge in [-0.3, -0.25) is 39.1 Å². The second-order valence-corrected chi connectivity index (χ2v) is 18.5. The maximum absolute atomic E-state index is 13.6. The van der Waals surface area contributed by atoms with Crippen molar-refractivity contribution in [3.8, 4) is 23.3 Å². The van der Waals surface area contributed by atoms with Crippen molar-refractivity contribution in [1.82, 2.24) is 30.4 Å². The minimum atomic E-state index is -1.07. The number of rotatable bonds is 14. The van der Waals surface area contributed by atoms with E-state index in [1.54, 1.807) is 42.7 Å². The number of aromatic nitrogens is 2. The van der Waals surface area contributed by atoms with Crippen LogP contribution in [0.3, 0.4) is 0 Å². The molecule has 338 valence electrons. The normalized spacial score (nSPS) is 23.8. The van der Waals surface area contributed by atoms with Gasteiger partial charge in [0.1, 0.15) is 47.0 Å². The molecule has 5 aliphatic rings. The third-order valence-electron chi connectivity index (χ3n) is 13.0. The highest BCUT2D eigenvalue weighted by Gasteiger charge is 2.47. The number of carbonyl (C=O) groups excluding carboxylic acids is 5. The summed E-state index contributed by atoms with van der Waals surface area (Å²) in [5.74, 6) is 0.0255. The van der Waals surface area contributed by atoms with Crippen LogP contribution in [0.1, 0.15) is 129 Å². The summed E-state index contributed by atoms with van der Waals surface area (Å²) < 4.78 is 18.5. The molecule has 2 aliphatic carbocycles. The van der Waals surface area contributed by atoms with E-state index in [0.29, 0.717) is 45.8 Å². The minimum Gasteiger partial charge on any atom is -0.490 e. The van der Waals surface area contributed by atoms with Crippen molar-refractivity contribution in [3.05, 3.63) is 70.1 Å².